The van der Waals surface area contributed by atoms with E-state index in [1.807, 2.05) is 36.4 Å². The lowest BCUT2D eigenvalue weighted by Crippen LogP contribution is -2.60. The van der Waals surface area contributed by atoms with Crippen molar-refractivity contribution in [2.45, 2.75) is 88.6 Å². The van der Waals surface area contributed by atoms with Crippen LogP contribution in [0.15, 0.2) is 100 Å². The summed E-state index contributed by atoms with van der Waals surface area (Å²) in [4.78, 5) is 62.0. The maximum atomic E-state index is 14.7. The van der Waals surface area contributed by atoms with Crippen LogP contribution < -0.4 is 24.8 Å². The number of nitrogens with one attached hydrogen (secondary N) is 3. The number of rotatable bonds is 11. The van der Waals surface area contributed by atoms with Gasteiger partial charge in [-0.05, 0) is 62.1 Å². The van der Waals surface area contributed by atoms with Gasteiger partial charge in [-0.3, -0.25) is 14.4 Å². The number of carbonyl (C=O) groups excluding carboxylic acids is 4. The summed E-state index contributed by atoms with van der Waals surface area (Å²) < 4.78 is 46.7. The Morgan fingerprint density at radius 1 is 0.966 bits per heavy atom. The standard InChI is InChI=1S/C43H48BrN5O9S/c1-25-23-43(25,39(52)48-59(54,55)30-16-12-15-27(44)19-30)47-37(50)34-21-29(24-49(34)38(51)36(41(2,3)4)46-40(53)58-42(5,6)7)57-35-22-32(26-13-10-9-11-14-26)45-33-20-28(56-8)17-18-31(33)35/h9-20,22,29,34,36H,1,21,23-24H2,2-8H3,(H,46,53)(H,47,50)(H,48,52)/t29-,34+,36-,43-/m1/s1. The Morgan fingerprint density at radius 2 is 1.66 bits per heavy atom. The van der Waals surface area contributed by atoms with Crippen LogP contribution in [-0.4, -0.2) is 85.1 Å². The fourth-order valence-corrected chi connectivity index (χ4v) is 8.48. The second-order valence-corrected chi connectivity index (χ2v) is 19.3. The number of halogens is 1. The predicted octanol–water partition coefficient (Wildman–Crippen LogP) is 6.28. The van der Waals surface area contributed by atoms with Crippen LogP contribution in [0.5, 0.6) is 11.5 Å². The number of hydrogen-bond donors (Lipinski definition) is 3. The number of fused-ring (bicyclic) bond motifs is 1. The lowest BCUT2D eigenvalue weighted by Gasteiger charge is -2.36. The van der Waals surface area contributed by atoms with Gasteiger partial charge in [0.05, 0.1) is 29.8 Å². The summed E-state index contributed by atoms with van der Waals surface area (Å²) in [5, 5.41) is 6.10. The molecule has 59 heavy (non-hydrogen) atoms. The van der Waals surface area contributed by atoms with E-state index in [2.05, 4.69) is 37.9 Å². The molecule has 4 amide bonds. The Labute approximate surface area is 352 Å². The molecule has 16 heteroatoms. The number of hydrogen-bond acceptors (Lipinski definition) is 10. The first-order valence-electron chi connectivity index (χ1n) is 18.9. The zero-order valence-corrected chi connectivity index (χ0v) is 36.3. The van der Waals surface area contributed by atoms with Crippen molar-refractivity contribution in [2.75, 3.05) is 13.7 Å². The predicted molar refractivity (Wildman–Crippen MR) is 225 cm³/mol. The topological polar surface area (TPSA) is 182 Å². The second-order valence-electron chi connectivity index (χ2n) is 16.7. The van der Waals surface area contributed by atoms with E-state index in [0.717, 1.165) is 5.56 Å². The van der Waals surface area contributed by atoms with E-state index in [9.17, 15) is 27.6 Å². The number of aromatic nitrogens is 1. The molecule has 1 aliphatic carbocycles. The number of ether oxygens (including phenoxy) is 3. The number of benzene rings is 3. The van der Waals surface area contributed by atoms with Gasteiger partial charge in [-0.25, -0.2) is 22.9 Å². The molecule has 4 aromatic rings. The van der Waals surface area contributed by atoms with Crippen molar-refractivity contribution in [3.8, 4) is 22.8 Å². The zero-order chi connectivity index (χ0) is 43.1. The van der Waals surface area contributed by atoms with Crippen LogP contribution in [0.1, 0.15) is 54.4 Å². The highest BCUT2D eigenvalue weighted by molar-refractivity contribution is 9.10. The molecule has 2 aliphatic rings. The summed E-state index contributed by atoms with van der Waals surface area (Å²) in [6.07, 6.45) is -1.64. The second kappa shape index (κ2) is 16.3. The van der Waals surface area contributed by atoms with Crippen molar-refractivity contribution in [1.82, 2.24) is 25.2 Å². The molecule has 3 N–H and O–H groups in total. The Kier molecular flexibility index (Phi) is 11.9. The number of nitrogens with zero attached hydrogens (tertiary/aromatic N) is 2. The van der Waals surface area contributed by atoms with Crippen LogP contribution in [0.2, 0.25) is 0 Å². The molecule has 1 aliphatic heterocycles. The summed E-state index contributed by atoms with van der Waals surface area (Å²) >= 11 is 3.25. The third kappa shape index (κ3) is 9.71. The van der Waals surface area contributed by atoms with Gasteiger partial charge < -0.3 is 29.7 Å². The minimum atomic E-state index is -4.34. The Hall–Kier alpha value is -5.48. The summed E-state index contributed by atoms with van der Waals surface area (Å²) in [7, 11) is -2.78. The third-order valence-corrected chi connectivity index (χ3v) is 11.8. The highest BCUT2D eigenvalue weighted by atomic mass is 79.9. The molecule has 1 aromatic heterocycles. The van der Waals surface area contributed by atoms with Gasteiger partial charge in [0.1, 0.15) is 40.8 Å². The molecule has 14 nitrogen and oxygen atoms in total. The van der Waals surface area contributed by atoms with E-state index >= 15 is 0 Å². The minimum Gasteiger partial charge on any atom is -0.497 e. The van der Waals surface area contributed by atoms with Crippen molar-refractivity contribution >= 4 is 60.7 Å². The number of likely N-dealkylation sites (tertiary alicyclic amines) is 1. The quantitative estimate of drug-likeness (QED) is 0.145. The first-order valence-corrected chi connectivity index (χ1v) is 21.2. The molecule has 2 heterocycles. The summed E-state index contributed by atoms with van der Waals surface area (Å²) in [6.45, 7) is 14.2. The van der Waals surface area contributed by atoms with E-state index < -0.39 is 68.6 Å². The van der Waals surface area contributed by atoms with Crippen LogP contribution >= 0.6 is 15.9 Å². The molecule has 0 radical (unpaired) electrons. The number of alkyl carbamates (subject to hydrolysis) is 1. The molecule has 1 saturated heterocycles. The van der Waals surface area contributed by atoms with Crippen molar-refractivity contribution in [1.29, 1.82) is 0 Å². The maximum absolute atomic E-state index is 14.7. The van der Waals surface area contributed by atoms with Crippen molar-refractivity contribution < 1.29 is 41.8 Å². The lowest BCUT2D eigenvalue weighted by atomic mass is 9.85. The minimum absolute atomic E-state index is 0.0258. The molecule has 2 fully saturated rings. The monoisotopic (exact) mass is 889 g/mol. The summed E-state index contributed by atoms with van der Waals surface area (Å²) in [6, 6.07) is 20.1. The molecule has 0 spiro atoms. The molecule has 6 rings (SSSR count). The van der Waals surface area contributed by atoms with Gasteiger partial charge in [0, 0.05) is 40.4 Å². The van der Waals surface area contributed by atoms with Crippen LogP contribution in [-0.2, 0) is 29.1 Å². The molecule has 0 unspecified atom stereocenters. The molecule has 1 saturated carbocycles. The number of carbonyl (C=O) groups is 4. The number of amides is 4. The van der Waals surface area contributed by atoms with Gasteiger partial charge in [0.25, 0.3) is 15.9 Å². The van der Waals surface area contributed by atoms with Crippen LogP contribution in [0, 0.1) is 5.41 Å². The van der Waals surface area contributed by atoms with Crippen LogP contribution in [0.25, 0.3) is 22.2 Å². The molecule has 3 aromatic carbocycles. The fourth-order valence-electron chi connectivity index (χ4n) is 6.85. The fraction of sp³-hybridized carbons (Fsp3) is 0.372. The van der Waals surface area contributed by atoms with Crippen molar-refractivity contribution in [2.24, 2.45) is 5.41 Å². The van der Waals surface area contributed by atoms with E-state index in [1.165, 1.54) is 23.1 Å². The maximum Gasteiger partial charge on any atom is 0.408 e. The molecule has 0 bridgehead atoms. The van der Waals surface area contributed by atoms with E-state index in [0.29, 0.717) is 32.6 Å². The van der Waals surface area contributed by atoms with Gasteiger partial charge in [-0.1, -0.05) is 79.7 Å². The molecular formula is C43H48BrN5O9S. The smallest absolute Gasteiger partial charge is 0.408 e. The molecule has 4 atom stereocenters. The SMILES string of the molecule is C=C1C[C@]1(NC(=O)[C@@H]1C[C@@H](Oc2cc(-c3ccccc3)nc3cc(OC)ccc23)CN1C(=O)[C@@H](NC(=O)OC(C)(C)C)C(C)(C)C)C(=O)NS(=O)(=O)c1cccc(Br)c1. The average molecular weight is 891 g/mol. The molecule has 312 valence electrons. The van der Waals surface area contributed by atoms with Crippen molar-refractivity contribution in [3.63, 3.8) is 0 Å². The van der Waals surface area contributed by atoms with Crippen LogP contribution in [0.3, 0.4) is 0 Å². The zero-order valence-electron chi connectivity index (χ0n) is 33.9. The number of methoxy groups -OCH3 is 1. The third-order valence-electron chi connectivity index (χ3n) is 9.98. The Morgan fingerprint density at radius 3 is 2.27 bits per heavy atom. The first-order chi connectivity index (χ1) is 27.6. The largest absolute Gasteiger partial charge is 0.497 e. The highest BCUT2D eigenvalue weighted by Crippen LogP contribution is 2.43. The normalized spacial score (nSPS) is 19.7. The first kappa shape index (κ1) is 43.1. The van der Waals surface area contributed by atoms with E-state index in [1.54, 1.807) is 72.9 Å². The Balaban J connectivity index is 1.34. The van der Waals surface area contributed by atoms with Gasteiger partial charge in [-0.2, -0.15) is 0 Å². The van der Waals surface area contributed by atoms with Gasteiger partial charge >= 0.3 is 6.09 Å². The van der Waals surface area contributed by atoms with Crippen LogP contribution in [0.4, 0.5) is 4.79 Å². The summed E-state index contributed by atoms with van der Waals surface area (Å²) in [5.41, 5.74) is -1.14. The van der Waals surface area contributed by atoms with E-state index in [-0.39, 0.29) is 29.9 Å². The summed E-state index contributed by atoms with van der Waals surface area (Å²) in [5.74, 6) is -1.29. The highest BCUT2D eigenvalue weighted by Gasteiger charge is 2.58. The average Bonchev–Trinajstić information content (AvgIpc) is 3.61. The van der Waals surface area contributed by atoms with Gasteiger partial charge in [0.15, 0.2) is 0 Å². The number of sulfonamides is 1. The lowest BCUT2D eigenvalue weighted by molar-refractivity contribution is -0.142. The molecular weight excluding hydrogens is 842 g/mol. The number of pyridine rings is 1. The van der Waals surface area contributed by atoms with E-state index in [4.69, 9.17) is 19.2 Å². The van der Waals surface area contributed by atoms with Gasteiger partial charge in [-0.15, -0.1) is 0 Å². The Bertz CT molecular complexity index is 2430. The van der Waals surface area contributed by atoms with Gasteiger partial charge in [0.2, 0.25) is 11.8 Å². The van der Waals surface area contributed by atoms with Crippen molar-refractivity contribution in [3.05, 3.63) is 95.5 Å².